The first-order valence-corrected chi connectivity index (χ1v) is 12.2. The van der Waals surface area contributed by atoms with Gasteiger partial charge in [0.15, 0.2) is 0 Å². The summed E-state index contributed by atoms with van der Waals surface area (Å²) in [5.41, 5.74) is 2.00. The van der Waals surface area contributed by atoms with E-state index in [1.807, 2.05) is 0 Å². The number of alkyl halides is 3. The lowest BCUT2D eigenvalue weighted by atomic mass is 10.1. The minimum atomic E-state index is -4.73. The number of para-hydroxylation sites is 1. The fourth-order valence-corrected chi connectivity index (χ4v) is 4.26. The van der Waals surface area contributed by atoms with Crippen LogP contribution in [0.3, 0.4) is 0 Å². The van der Waals surface area contributed by atoms with Gasteiger partial charge in [-0.2, -0.15) is 18.2 Å². The summed E-state index contributed by atoms with van der Waals surface area (Å²) in [6.07, 6.45) is -2.89. The van der Waals surface area contributed by atoms with Crippen LogP contribution in [0.5, 0.6) is 0 Å². The summed E-state index contributed by atoms with van der Waals surface area (Å²) in [6, 6.07) is 9.99. The molecule has 184 valence electrons. The largest absolute Gasteiger partial charge is 0.421 e. The molecule has 4 rings (SSSR count). The van der Waals surface area contributed by atoms with Gasteiger partial charge < -0.3 is 16.0 Å². The minimum Gasteiger partial charge on any atom is -0.365 e. The van der Waals surface area contributed by atoms with Crippen molar-refractivity contribution in [1.82, 2.24) is 9.97 Å². The molecule has 0 spiro atoms. The van der Waals surface area contributed by atoms with E-state index in [1.54, 1.807) is 37.3 Å². The van der Waals surface area contributed by atoms with E-state index in [0.29, 0.717) is 28.7 Å². The van der Waals surface area contributed by atoms with Gasteiger partial charge in [-0.15, -0.1) is 0 Å². The summed E-state index contributed by atoms with van der Waals surface area (Å²) < 4.78 is 66.8. The Morgan fingerprint density at radius 1 is 1.11 bits per heavy atom. The van der Waals surface area contributed by atoms with E-state index in [1.165, 1.54) is 6.07 Å². The van der Waals surface area contributed by atoms with E-state index in [0.717, 1.165) is 11.8 Å². The van der Waals surface area contributed by atoms with Crippen molar-refractivity contribution < 1.29 is 26.4 Å². The number of aromatic nitrogens is 2. The monoisotopic (exact) mass is 506 g/mol. The molecule has 0 saturated carbocycles. The highest BCUT2D eigenvalue weighted by Gasteiger charge is 2.35. The standard InChI is InChI=1S/C22H21F3N6O3S/c1-12-5-3-7-16(31-35(2,33)34)14(12)10-26-20-15(22(23,24)25)11-27-21(30-20)28-17-8-4-6-13-9-18(32)29-19(13)17/h3-8,11,31H,9-10H2,1-2H3,(H,29,32)(H2,26,27,28,30). The van der Waals surface area contributed by atoms with Gasteiger partial charge in [-0.05, 0) is 35.7 Å². The Morgan fingerprint density at radius 2 is 1.83 bits per heavy atom. The summed E-state index contributed by atoms with van der Waals surface area (Å²) >= 11 is 0. The number of carbonyl (C=O) groups is 1. The number of sulfonamides is 1. The fourth-order valence-electron chi connectivity index (χ4n) is 3.66. The predicted octanol–water partition coefficient (Wildman–Crippen LogP) is 4.03. The number of benzene rings is 2. The third kappa shape index (κ3) is 5.62. The first-order valence-electron chi connectivity index (χ1n) is 10.3. The highest BCUT2D eigenvalue weighted by molar-refractivity contribution is 7.92. The van der Waals surface area contributed by atoms with Crippen LogP contribution < -0.4 is 20.7 Å². The molecule has 9 nitrogen and oxygen atoms in total. The molecule has 0 fully saturated rings. The number of rotatable bonds is 7. The third-order valence-electron chi connectivity index (χ3n) is 5.25. The molecular weight excluding hydrogens is 485 g/mol. The van der Waals surface area contributed by atoms with Gasteiger partial charge >= 0.3 is 6.18 Å². The number of anilines is 5. The van der Waals surface area contributed by atoms with Crippen molar-refractivity contribution in [2.24, 2.45) is 0 Å². The zero-order valence-electron chi connectivity index (χ0n) is 18.6. The lowest BCUT2D eigenvalue weighted by Gasteiger charge is -2.18. The SMILES string of the molecule is Cc1cccc(NS(C)(=O)=O)c1CNc1nc(Nc2cccc3c2NC(=O)C3)ncc1C(F)(F)F. The van der Waals surface area contributed by atoms with Crippen LogP contribution in [0.15, 0.2) is 42.6 Å². The lowest BCUT2D eigenvalue weighted by Crippen LogP contribution is -2.16. The Kier molecular flexibility index (Phi) is 6.28. The molecule has 1 aromatic heterocycles. The van der Waals surface area contributed by atoms with Crippen molar-refractivity contribution in [3.63, 3.8) is 0 Å². The normalized spacial score (nSPS) is 13.2. The van der Waals surface area contributed by atoms with Crippen LogP contribution in [0.4, 0.5) is 42.0 Å². The van der Waals surface area contributed by atoms with Crippen LogP contribution in [0, 0.1) is 6.92 Å². The quantitative estimate of drug-likeness (QED) is 0.381. The molecule has 13 heteroatoms. The molecule has 1 amide bonds. The van der Waals surface area contributed by atoms with Crippen LogP contribution in [-0.4, -0.2) is 30.5 Å². The summed E-state index contributed by atoms with van der Waals surface area (Å²) in [6.45, 7) is 1.58. The number of halogens is 3. The molecule has 1 aliphatic rings. The maximum absolute atomic E-state index is 13.7. The highest BCUT2D eigenvalue weighted by Crippen LogP contribution is 2.36. The van der Waals surface area contributed by atoms with Gasteiger partial charge in [-0.3, -0.25) is 9.52 Å². The topological polar surface area (TPSA) is 125 Å². The third-order valence-corrected chi connectivity index (χ3v) is 5.84. The van der Waals surface area contributed by atoms with E-state index in [-0.39, 0.29) is 30.5 Å². The number of nitrogens with one attached hydrogen (secondary N) is 4. The summed E-state index contributed by atoms with van der Waals surface area (Å²) in [7, 11) is -3.60. The molecule has 2 heterocycles. The number of aryl methyl sites for hydroxylation is 1. The van der Waals surface area contributed by atoms with Gasteiger partial charge in [0, 0.05) is 12.7 Å². The summed E-state index contributed by atoms with van der Waals surface area (Å²) in [5.74, 6) is -0.795. The molecule has 4 N–H and O–H groups in total. The van der Waals surface area contributed by atoms with Crippen LogP contribution >= 0.6 is 0 Å². The van der Waals surface area contributed by atoms with Crippen LogP contribution in [0.25, 0.3) is 0 Å². The Bertz CT molecular complexity index is 1410. The molecule has 3 aromatic rings. The molecule has 1 aliphatic heterocycles. The first-order chi connectivity index (χ1) is 16.4. The van der Waals surface area contributed by atoms with Crippen molar-refractivity contribution in [2.45, 2.75) is 26.1 Å². The smallest absolute Gasteiger partial charge is 0.365 e. The maximum atomic E-state index is 13.7. The van der Waals surface area contributed by atoms with Gasteiger partial charge in [0.05, 0.1) is 29.7 Å². The van der Waals surface area contributed by atoms with Gasteiger partial charge in [-0.1, -0.05) is 24.3 Å². The molecule has 0 unspecified atom stereocenters. The van der Waals surface area contributed by atoms with Crippen LogP contribution in [-0.2, 0) is 34.0 Å². The maximum Gasteiger partial charge on any atom is 0.421 e. The summed E-state index contributed by atoms with van der Waals surface area (Å²) in [4.78, 5) is 19.5. The molecule has 0 bridgehead atoms. The molecule has 0 aliphatic carbocycles. The van der Waals surface area contributed by atoms with E-state index >= 15 is 0 Å². The number of amides is 1. The Balaban J connectivity index is 1.65. The van der Waals surface area contributed by atoms with Gasteiger partial charge in [0.1, 0.15) is 11.4 Å². The van der Waals surface area contributed by atoms with Crippen LogP contribution in [0.2, 0.25) is 0 Å². The van der Waals surface area contributed by atoms with E-state index in [4.69, 9.17) is 0 Å². The average Bonchev–Trinajstić information content (AvgIpc) is 3.13. The molecule has 0 radical (unpaired) electrons. The number of hydrogen-bond acceptors (Lipinski definition) is 7. The van der Waals surface area contributed by atoms with Crippen molar-refractivity contribution in [3.8, 4) is 0 Å². The van der Waals surface area contributed by atoms with Crippen molar-refractivity contribution in [2.75, 3.05) is 26.9 Å². The molecular formula is C22H21F3N6O3S. The van der Waals surface area contributed by atoms with Gasteiger partial charge in [0.25, 0.3) is 0 Å². The number of nitrogens with zero attached hydrogens (tertiary/aromatic N) is 2. The molecule has 0 saturated heterocycles. The second-order valence-electron chi connectivity index (χ2n) is 7.97. The highest BCUT2D eigenvalue weighted by atomic mass is 32.2. The summed E-state index contributed by atoms with van der Waals surface area (Å²) in [5, 5.41) is 8.24. The predicted molar refractivity (Wildman–Crippen MR) is 126 cm³/mol. The Labute approximate surface area is 199 Å². The van der Waals surface area contributed by atoms with Gasteiger partial charge in [-0.25, -0.2) is 13.4 Å². The minimum absolute atomic E-state index is 0.116. The lowest BCUT2D eigenvalue weighted by molar-refractivity contribution is -0.137. The number of carbonyl (C=O) groups excluding carboxylic acids is 1. The Morgan fingerprint density at radius 3 is 2.54 bits per heavy atom. The molecule has 0 atom stereocenters. The zero-order valence-corrected chi connectivity index (χ0v) is 19.4. The van der Waals surface area contributed by atoms with Gasteiger partial charge in [0.2, 0.25) is 21.9 Å². The van der Waals surface area contributed by atoms with Crippen molar-refractivity contribution in [1.29, 1.82) is 0 Å². The first kappa shape index (κ1) is 24.3. The van der Waals surface area contributed by atoms with Crippen molar-refractivity contribution >= 4 is 44.8 Å². The zero-order chi connectivity index (χ0) is 25.4. The average molecular weight is 507 g/mol. The Hall–Kier alpha value is -3.87. The van der Waals surface area contributed by atoms with E-state index < -0.39 is 27.6 Å². The van der Waals surface area contributed by atoms with Crippen LogP contribution in [0.1, 0.15) is 22.3 Å². The molecule has 2 aromatic carbocycles. The second kappa shape index (κ2) is 9.06. The van der Waals surface area contributed by atoms with E-state index in [2.05, 4.69) is 30.6 Å². The number of fused-ring (bicyclic) bond motifs is 1. The van der Waals surface area contributed by atoms with E-state index in [9.17, 15) is 26.4 Å². The number of hydrogen-bond donors (Lipinski definition) is 4. The molecule has 35 heavy (non-hydrogen) atoms. The van der Waals surface area contributed by atoms with Crippen molar-refractivity contribution in [3.05, 3.63) is 64.8 Å². The second-order valence-corrected chi connectivity index (χ2v) is 9.72. The fraction of sp³-hybridized carbons (Fsp3) is 0.227.